The van der Waals surface area contributed by atoms with Crippen molar-refractivity contribution in [2.24, 2.45) is 5.92 Å². The van der Waals surface area contributed by atoms with Crippen molar-refractivity contribution in [3.05, 3.63) is 0 Å². The Kier molecular flexibility index (Phi) is 4.78. The fourth-order valence-corrected chi connectivity index (χ4v) is 1.21. The third-order valence-electron chi connectivity index (χ3n) is 1.46. The molecule has 0 aromatic heterocycles. The van der Waals surface area contributed by atoms with E-state index >= 15 is 0 Å². The number of rotatable bonds is 4. The SMILES string of the molecule is CCC[C@H](C)CN(C)C. The van der Waals surface area contributed by atoms with Crippen LogP contribution in [0.2, 0.25) is 0 Å². The fraction of sp³-hybridized carbons (Fsp3) is 1.00. The normalized spacial score (nSPS) is 14.3. The van der Waals surface area contributed by atoms with E-state index in [9.17, 15) is 0 Å². The van der Waals surface area contributed by atoms with E-state index in [2.05, 4.69) is 32.8 Å². The molecule has 0 aliphatic rings. The predicted octanol–water partition coefficient (Wildman–Crippen LogP) is 1.98. The van der Waals surface area contributed by atoms with Crippen LogP contribution in [0, 0.1) is 5.92 Å². The average molecular weight is 129 g/mol. The van der Waals surface area contributed by atoms with Crippen molar-refractivity contribution in [1.82, 2.24) is 4.90 Å². The first-order valence-corrected chi connectivity index (χ1v) is 3.81. The molecule has 0 aromatic carbocycles. The Morgan fingerprint density at radius 1 is 1.33 bits per heavy atom. The maximum absolute atomic E-state index is 2.31. The minimum atomic E-state index is 0.866. The van der Waals surface area contributed by atoms with Gasteiger partial charge in [0.15, 0.2) is 0 Å². The molecule has 0 fully saturated rings. The molecule has 0 aromatic rings. The lowest BCUT2D eigenvalue weighted by Crippen LogP contribution is -2.19. The molecule has 9 heavy (non-hydrogen) atoms. The van der Waals surface area contributed by atoms with Crippen molar-refractivity contribution >= 4 is 0 Å². The molecule has 0 aliphatic carbocycles. The molecule has 0 aliphatic heterocycles. The third kappa shape index (κ3) is 5.84. The van der Waals surface area contributed by atoms with Crippen molar-refractivity contribution < 1.29 is 0 Å². The summed E-state index contributed by atoms with van der Waals surface area (Å²) in [7, 11) is 4.26. The maximum atomic E-state index is 2.31. The van der Waals surface area contributed by atoms with Gasteiger partial charge < -0.3 is 4.90 Å². The van der Waals surface area contributed by atoms with Crippen molar-refractivity contribution in [3.8, 4) is 0 Å². The highest BCUT2D eigenvalue weighted by Crippen LogP contribution is 2.04. The van der Waals surface area contributed by atoms with Gasteiger partial charge >= 0.3 is 0 Å². The highest BCUT2D eigenvalue weighted by Gasteiger charge is 1.99. The van der Waals surface area contributed by atoms with Gasteiger partial charge in [-0.15, -0.1) is 0 Å². The predicted molar refractivity (Wildman–Crippen MR) is 42.6 cm³/mol. The first kappa shape index (κ1) is 8.96. The molecule has 0 heterocycles. The van der Waals surface area contributed by atoms with Crippen LogP contribution in [0.3, 0.4) is 0 Å². The second kappa shape index (κ2) is 4.80. The van der Waals surface area contributed by atoms with Gasteiger partial charge in [-0.1, -0.05) is 20.3 Å². The Labute approximate surface area is 59.1 Å². The Morgan fingerprint density at radius 2 is 1.89 bits per heavy atom. The zero-order chi connectivity index (χ0) is 7.28. The van der Waals surface area contributed by atoms with Gasteiger partial charge in [0.25, 0.3) is 0 Å². The Balaban J connectivity index is 3.15. The maximum Gasteiger partial charge on any atom is 0.0000918 e. The second-order valence-electron chi connectivity index (χ2n) is 3.16. The Hall–Kier alpha value is -0.0400. The molecule has 0 radical (unpaired) electrons. The zero-order valence-corrected chi connectivity index (χ0v) is 7.15. The topological polar surface area (TPSA) is 3.24 Å². The molecule has 0 saturated heterocycles. The highest BCUT2D eigenvalue weighted by atomic mass is 15.1. The van der Waals surface area contributed by atoms with Crippen LogP contribution < -0.4 is 0 Å². The summed E-state index contributed by atoms with van der Waals surface area (Å²) in [6.07, 6.45) is 2.67. The summed E-state index contributed by atoms with van der Waals surface area (Å²) in [4.78, 5) is 2.25. The third-order valence-corrected chi connectivity index (χ3v) is 1.46. The van der Waals surface area contributed by atoms with E-state index in [0.717, 1.165) is 5.92 Å². The number of nitrogens with zero attached hydrogens (tertiary/aromatic N) is 1. The first-order valence-electron chi connectivity index (χ1n) is 3.81. The van der Waals surface area contributed by atoms with Gasteiger partial charge in [-0.2, -0.15) is 0 Å². The molecular formula is C8H19N. The summed E-state index contributed by atoms with van der Waals surface area (Å²) >= 11 is 0. The number of hydrogen-bond acceptors (Lipinski definition) is 1. The minimum Gasteiger partial charge on any atom is -0.309 e. The van der Waals surface area contributed by atoms with Gasteiger partial charge in [0.1, 0.15) is 0 Å². The van der Waals surface area contributed by atoms with Gasteiger partial charge in [-0.25, -0.2) is 0 Å². The van der Waals surface area contributed by atoms with E-state index in [1.54, 1.807) is 0 Å². The van der Waals surface area contributed by atoms with Crippen molar-refractivity contribution in [1.29, 1.82) is 0 Å². The Morgan fingerprint density at radius 3 is 2.22 bits per heavy atom. The summed E-state index contributed by atoms with van der Waals surface area (Å²) in [5, 5.41) is 0. The zero-order valence-electron chi connectivity index (χ0n) is 7.15. The van der Waals surface area contributed by atoms with Gasteiger partial charge in [0, 0.05) is 6.54 Å². The monoisotopic (exact) mass is 129 g/mol. The average Bonchev–Trinajstić information content (AvgIpc) is 1.63. The van der Waals surface area contributed by atoms with Crippen LogP contribution in [-0.4, -0.2) is 25.5 Å². The van der Waals surface area contributed by atoms with Crippen LogP contribution in [0.15, 0.2) is 0 Å². The quantitative estimate of drug-likeness (QED) is 0.561. The molecule has 0 rings (SSSR count). The largest absolute Gasteiger partial charge is 0.309 e. The Bertz CT molecular complexity index is 59.6. The van der Waals surface area contributed by atoms with Crippen LogP contribution in [0.1, 0.15) is 26.7 Å². The van der Waals surface area contributed by atoms with E-state index in [1.807, 2.05) is 0 Å². The summed E-state index contributed by atoms with van der Waals surface area (Å²) in [6.45, 7) is 5.78. The fourth-order valence-electron chi connectivity index (χ4n) is 1.21. The van der Waals surface area contributed by atoms with Crippen LogP contribution in [0.25, 0.3) is 0 Å². The molecule has 0 unspecified atom stereocenters. The lowest BCUT2D eigenvalue weighted by Gasteiger charge is -2.15. The smallest absolute Gasteiger partial charge is 0.0000918 e. The minimum absolute atomic E-state index is 0.866. The van der Waals surface area contributed by atoms with E-state index < -0.39 is 0 Å². The van der Waals surface area contributed by atoms with Crippen LogP contribution in [-0.2, 0) is 0 Å². The van der Waals surface area contributed by atoms with Gasteiger partial charge in [0.05, 0.1) is 0 Å². The second-order valence-corrected chi connectivity index (χ2v) is 3.16. The molecule has 1 nitrogen and oxygen atoms in total. The molecule has 0 saturated carbocycles. The number of hydrogen-bond donors (Lipinski definition) is 0. The highest BCUT2D eigenvalue weighted by molar-refractivity contribution is 4.54. The van der Waals surface area contributed by atoms with Gasteiger partial charge in [-0.05, 0) is 26.4 Å². The van der Waals surface area contributed by atoms with E-state index in [4.69, 9.17) is 0 Å². The molecule has 0 bridgehead atoms. The summed E-state index contributed by atoms with van der Waals surface area (Å²) in [5.41, 5.74) is 0. The van der Waals surface area contributed by atoms with Crippen molar-refractivity contribution in [2.45, 2.75) is 26.7 Å². The van der Waals surface area contributed by atoms with Gasteiger partial charge in [-0.3, -0.25) is 0 Å². The standard InChI is InChI=1S/C8H19N/c1-5-6-8(2)7-9(3)4/h8H,5-7H2,1-4H3/t8-/m0/s1. The van der Waals surface area contributed by atoms with Crippen molar-refractivity contribution in [2.75, 3.05) is 20.6 Å². The summed E-state index contributed by atoms with van der Waals surface area (Å²) in [6, 6.07) is 0. The molecule has 1 heteroatoms. The van der Waals surface area contributed by atoms with Crippen molar-refractivity contribution in [3.63, 3.8) is 0 Å². The molecule has 0 spiro atoms. The summed E-state index contributed by atoms with van der Waals surface area (Å²) < 4.78 is 0. The van der Waals surface area contributed by atoms with Crippen LogP contribution >= 0.6 is 0 Å². The van der Waals surface area contributed by atoms with E-state index in [1.165, 1.54) is 19.4 Å². The molecular weight excluding hydrogens is 110 g/mol. The molecule has 0 amide bonds. The van der Waals surface area contributed by atoms with Crippen LogP contribution in [0.5, 0.6) is 0 Å². The van der Waals surface area contributed by atoms with E-state index in [0.29, 0.717) is 0 Å². The lowest BCUT2D eigenvalue weighted by molar-refractivity contribution is 0.326. The molecule has 0 N–H and O–H groups in total. The van der Waals surface area contributed by atoms with E-state index in [-0.39, 0.29) is 0 Å². The van der Waals surface area contributed by atoms with Crippen LogP contribution in [0.4, 0.5) is 0 Å². The molecule has 1 atom stereocenters. The van der Waals surface area contributed by atoms with Gasteiger partial charge in [0.2, 0.25) is 0 Å². The lowest BCUT2D eigenvalue weighted by atomic mass is 10.1. The first-order chi connectivity index (χ1) is 4.16. The molecule has 56 valence electrons. The summed E-state index contributed by atoms with van der Waals surface area (Å²) in [5.74, 6) is 0.866.